The summed E-state index contributed by atoms with van der Waals surface area (Å²) >= 11 is 0. The Balaban J connectivity index is 1.91. The van der Waals surface area contributed by atoms with Crippen LogP contribution in [-0.4, -0.2) is 18.7 Å². The van der Waals surface area contributed by atoms with Crippen LogP contribution >= 0.6 is 0 Å². The number of hydrogen-bond acceptors (Lipinski definition) is 3. The molecule has 0 radical (unpaired) electrons. The lowest BCUT2D eigenvalue weighted by molar-refractivity contribution is -0.135. The van der Waals surface area contributed by atoms with Gasteiger partial charge < -0.3 is 9.47 Å². The molecule has 1 saturated heterocycles. The number of carbonyl (C=O) groups excluding carboxylic acids is 1. The fourth-order valence-corrected chi connectivity index (χ4v) is 2.64. The van der Waals surface area contributed by atoms with Gasteiger partial charge in [-0.3, -0.25) is 4.79 Å². The highest BCUT2D eigenvalue weighted by molar-refractivity contribution is 5.73. The van der Waals surface area contributed by atoms with Crippen LogP contribution in [0.3, 0.4) is 0 Å². The SMILES string of the molecule is Cc1cc(C)c(OC(=O)CCC2CCCO2)c(C)c1. The van der Waals surface area contributed by atoms with E-state index in [2.05, 4.69) is 0 Å². The van der Waals surface area contributed by atoms with Crippen molar-refractivity contribution in [2.24, 2.45) is 0 Å². The van der Waals surface area contributed by atoms with Crippen LogP contribution in [0, 0.1) is 20.8 Å². The summed E-state index contributed by atoms with van der Waals surface area (Å²) in [5, 5.41) is 0. The lowest BCUT2D eigenvalue weighted by atomic mass is 10.1. The largest absolute Gasteiger partial charge is 0.426 e. The molecule has 0 N–H and O–H groups in total. The Bertz CT molecular complexity index is 436. The maximum absolute atomic E-state index is 11.9. The summed E-state index contributed by atoms with van der Waals surface area (Å²) in [5.41, 5.74) is 3.22. The summed E-state index contributed by atoms with van der Waals surface area (Å²) < 4.78 is 11.0. The van der Waals surface area contributed by atoms with Crippen LogP contribution in [0.15, 0.2) is 12.1 Å². The topological polar surface area (TPSA) is 35.5 Å². The zero-order valence-electron chi connectivity index (χ0n) is 12.0. The molecule has 0 aliphatic carbocycles. The highest BCUT2D eigenvalue weighted by atomic mass is 16.5. The van der Waals surface area contributed by atoms with E-state index in [0.29, 0.717) is 12.2 Å². The lowest BCUT2D eigenvalue weighted by Crippen LogP contribution is -2.14. The fraction of sp³-hybridized carbons (Fsp3) is 0.562. The number of ether oxygens (including phenoxy) is 2. The van der Waals surface area contributed by atoms with Crippen LogP contribution in [-0.2, 0) is 9.53 Å². The van der Waals surface area contributed by atoms with Gasteiger partial charge in [-0.2, -0.15) is 0 Å². The number of carbonyl (C=O) groups is 1. The highest BCUT2D eigenvalue weighted by Gasteiger charge is 2.18. The van der Waals surface area contributed by atoms with Gasteiger partial charge in [0, 0.05) is 13.0 Å². The van der Waals surface area contributed by atoms with Crippen molar-refractivity contribution in [1.82, 2.24) is 0 Å². The molecule has 0 aromatic heterocycles. The summed E-state index contributed by atoms with van der Waals surface area (Å²) in [7, 11) is 0. The Labute approximate surface area is 114 Å². The molecule has 1 aliphatic rings. The molecule has 3 nitrogen and oxygen atoms in total. The van der Waals surface area contributed by atoms with E-state index in [1.807, 2.05) is 32.9 Å². The standard InChI is InChI=1S/C16H22O3/c1-11-9-12(2)16(13(3)10-11)19-15(17)7-6-14-5-4-8-18-14/h9-10,14H,4-8H2,1-3H3. The van der Waals surface area contributed by atoms with Crippen LogP contribution in [0.2, 0.25) is 0 Å². The van der Waals surface area contributed by atoms with Crippen LogP contribution in [0.1, 0.15) is 42.4 Å². The van der Waals surface area contributed by atoms with Crippen LogP contribution in [0.4, 0.5) is 0 Å². The fourth-order valence-electron chi connectivity index (χ4n) is 2.64. The van der Waals surface area contributed by atoms with E-state index in [9.17, 15) is 4.79 Å². The Morgan fingerprint density at radius 3 is 2.58 bits per heavy atom. The molecule has 1 aromatic rings. The Morgan fingerprint density at radius 1 is 1.32 bits per heavy atom. The molecule has 3 heteroatoms. The van der Waals surface area contributed by atoms with Crippen molar-refractivity contribution in [1.29, 1.82) is 0 Å². The Hall–Kier alpha value is -1.35. The summed E-state index contributed by atoms with van der Waals surface area (Å²) in [6.45, 7) is 6.82. The second-order valence-corrected chi connectivity index (χ2v) is 5.38. The minimum absolute atomic E-state index is 0.162. The van der Waals surface area contributed by atoms with Gasteiger partial charge in [0.05, 0.1) is 6.10 Å². The molecule has 1 atom stereocenters. The molecule has 1 aromatic carbocycles. The van der Waals surface area contributed by atoms with Crippen LogP contribution in [0.5, 0.6) is 5.75 Å². The number of benzene rings is 1. The molecule has 0 saturated carbocycles. The molecule has 19 heavy (non-hydrogen) atoms. The van der Waals surface area contributed by atoms with Gasteiger partial charge in [-0.05, 0) is 51.2 Å². The smallest absolute Gasteiger partial charge is 0.311 e. The third-order valence-corrected chi connectivity index (χ3v) is 3.51. The minimum atomic E-state index is -0.162. The third kappa shape index (κ3) is 3.80. The maximum atomic E-state index is 11.9. The Kier molecular flexibility index (Phi) is 4.59. The van der Waals surface area contributed by atoms with Crippen molar-refractivity contribution in [2.75, 3.05) is 6.61 Å². The van der Waals surface area contributed by atoms with Crippen LogP contribution in [0.25, 0.3) is 0 Å². The van der Waals surface area contributed by atoms with Gasteiger partial charge in [0.15, 0.2) is 0 Å². The molecule has 1 fully saturated rings. The van der Waals surface area contributed by atoms with Gasteiger partial charge in [0.25, 0.3) is 0 Å². The van der Waals surface area contributed by atoms with E-state index in [1.165, 1.54) is 5.56 Å². The van der Waals surface area contributed by atoms with Gasteiger partial charge in [0.2, 0.25) is 0 Å². The highest BCUT2D eigenvalue weighted by Crippen LogP contribution is 2.25. The summed E-state index contributed by atoms with van der Waals surface area (Å²) in [6, 6.07) is 4.07. The quantitative estimate of drug-likeness (QED) is 0.615. The lowest BCUT2D eigenvalue weighted by Gasteiger charge is -2.12. The molecule has 0 spiro atoms. The Morgan fingerprint density at radius 2 is 2.00 bits per heavy atom. The monoisotopic (exact) mass is 262 g/mol. The maximum Gasteiger partial charge on any atom is 0.311 e. The van der Waals surface area contributed by atoms with Crippen molar-refractivity contribution >= 4 is 5.97 Å². The van der Waals surface area contributed by atoms with Crippen molar-refractivity contribution in [3.63, 3.8) is 0 Å². The first-order chi connectivity index (χ1) is 9.06. The second-order valence-electron chi connectivity index (χ2n) is 5.38. The average Bonchev–Trinajstić information content (AvgIpc) is 2.84. The first-order valence-electron chi connectivity index (χ1n) is 6.96. The average molecular weight is 262 g/mol. The van der Waals surface area contributed by atoms with E-state index >= 15 is 0 Å². The second kappa shape index (κ2) is 6.20. The number of rotatable bonds is 4. The van der Waals surface area contributed by atoms with Gasteiger partial charge in [-0.25, -0.2) is 0 Å². The van der Waals surface area contributed by atoms with E-state index < -0.39 is 0 Å². The molecular weight excluding hydrogens is 240 g/mol. The zero-order valence-corrected chi connectivity index (χ0v) is 12.0. The predicted molar refractivity (Wildman–Crippen MR) is 74.5 cm³/mol. The molecule has 2 rings (SSSR count). The summed E-state index contributed by atoms with van der Waals surface area (Å²) in [6.07, 6.45) is 3.61. The summed E-state index contributed by atoms with van der Waals surface area (Å²) in [5.74, 6) is 0.550. The number of hydrogen-bond donors (Lipinski definition) is 0. The minimum Gasteiger partial charge on any atom is -0.426 e. The number of aryl methyl sites for hydroxylation is 3. The molecule has 0 amide bonds. The van der Waals surface area contributed by atoms with Crippen molar-refractivity contribution in [2.45, 2.75) is 52.6 Å². The van der Waals surface area contributed by atoms with E-state index in [0.717, 1.165) is 37.0 Å². The van der Waals surface area contributed by atoms with Crippen LogP contribution < -0.4 is 4.74 Å². The summed E-state index contributed by atoms with van der Waals surface area (Å²) in [4.78, 5) is 11.9. The van der Waals surface area contributed by atoms with Gasteiger partial charge in [-0.15, -0.1) is 0 Å². The van der Waals surface area contributed by atoms with Gasteiger partial charge in [0.1, 0.15) is 5.75 Å². The van der Waals surface area contributed by atoms with Gasteiger partial charge in [-0.1, -0.05) is 17.7 Å². The molecular formula is C16H22O3. The predicted octanol–water partition coefficient (Wildman–Crippen LogP) is 3.48. The molecule has 1 heterocycles. The molecule has 0 bridgehead atoms. The van der Waals surface area contributed by atoms with Crippen molar-refractivity contribution in [3.8, 4) is 5.75 Å². The van der Waals surface area contributed by atoms with E-state index in [4.69, 9.17) is 9.47 Å². The molecule has 1 aliphatic heterocycles. The molecule has 104 valence electrons. The third-order valence-electron chi connectivity index (χ3n) is 3.51. The van der Waals surface area contributed by atoms with E-state index in [-0.39, 0.29) is 12.1 Å². The first kappa shape index (κ1) is 14.1. The zero-order chi connectivity index (χ0) is 13.8. The molecule has 1 unspecified atom stereocenters. The van der Waals surface area contributed by atoms with Crippen molar-refractivity contribution < 1.29 is 14.3 Å². The van der Waals surface area contributed by atoms with Crippen molar-refractivity contribution in [3.05, 3.63) is 28.8 Å². The number of esters is 1. The normalized spacial score (nSPS) is 18.6. The van der Waals surface area contributed by atoms with E-state index in [1.54, 1.807) is 0 Å². The first-order valence-corrected chi connectivity index (χ1v) is 6.96. The van der Waals surface area contributed by atoms with Gasteiger partial charge >= 0.3 is 5.97 Å².